The van der Waals surface area contributed by atoms with Crippen molar-refractivity contribution < 1.29 is 37.3 Å². The van der Waals surface area contributed by atoms with Gasteiger partial charge in [0.25, 0.3) is 7.82 Å². The molecule has 0 rings (SSSR count). The maximum absolute atomic E-state index is 13.6. The molecule has 0 bridgehead atoms. The molecule has 0 spiro atoms. The van der Waals surface area contributed by atoms with E-state index in [9.17, 15) is 19.0 Å². The average Bonchev–Trinajstić information content (AvgIpc) is 3.69. The SMILES string of the molecule is CC/C=C\C/C=C\C/C=C\C/C=C\C/C=C\CCCCCCCC(=O)OC(/C=C\CCCCCCCCCCCC)C(COP(=O)([O-])OCC[N+](C)(C)C)NC(=O)CCCCCCCCCCCCC/C=C\C/C=C\C/C=C\C/C=C\CCCCC. The lowest BCUT2D eigenvalue weighted by Crippen LogP contribution is -2.47. The van der Waals surface area contributed by atoms with Gasteiger partial charge in [-0.05, 0) is 122 Å². The molecular weight excluding hydrogens is 1080 g/mol. The number of rotatable bonds is 63. The highest BCUT2D eigenvalue weighted by molar-refractivity contribution is 7.45. The Morgan fingerprint density at radius 3 is 1.14 bits per heavy atom. The van der Waals surface area contributed by atoms with E-state index in [1.54, 1.807) is 0 Å². The van der Waals surface area contributed by atoms with Gasteiger partial charge in [-0.3, -0.25) is 14.2 Å². The maximum Gasteiger partial charge on any atom is 0.306 e. The molecule has 3 unspecified atom stereocenters. The number of quaternary nitrogens is 1. The smallest absolute Gasteiger partial charge is 0.306 e. The predicted octanol–water partition coefficient (Wildman–Crippen LogP) is 22.0. The molecule has 0 aromatic carbocycles. The zero-order valence-corrected chi connectivity index (χ0v) is 57.4. The number of hydrogen-bond donors (Lipinski definition) is 1. The first-order valence-corrected chi connectivity index (χ1v) is 36.8. The maximum atomic E-state index is 13.6. The lowest BCUT2D eigenvalue weighted by molar-refractivity contribution is -0.870. The molecule has 3 atom stereocenters. The van der Waals surface area contributed by atoms with Gasteiger partial charge in [0.1, 0.15) is 19.3 Å². The molecule has 0 aliphatic carbocycles. The fourth-order valence-corrected chi connectivity index (χ4v) is 10.4. The molecule has 86 heavy (non-hydrogen) atoms. The number of allylic oxidation sites excluding steroid dienone is 19. The summed E-state index contributed by atoms with van der Waals surface area (Å²) in [6.45, 7) is 6.69. The van der Waals surface area contributed by atoms with E-state index in [4.69, 9.17) is 13.8 Å². The number of unbranched alkanes of at least 4 members (excludes halogenated alkanes) is 29. The Morgan fingerprint density at radius 1 is 0.419 bits per heavy atom. The molecule has 1 amide bonds. The predicted molar refractivity (Wildman–Crippen MR) is 371 cm³/mol. The Kier molecular flexibility index (Phi) is 61.7. The largest absolute Gasteiger partial charge is 0.756 e. The van der Waals surface area contributed by atoms with Gasteiger partial charge in [0.15, 0.2) is 0 Å². The molecule has 10 heteroatoms. The standard InChI is InChI=1S/C76H133N2O7P/c1-7-10-13-16-19-22-25-28-30-32-34-36-37-38-39-40-41-43-44-46-48-50-53-56-59-62-65-68-75(79)77-73(72-84-86(81,82)83-71-70-78(4,5)6)74(67-64-61-58-55-52-27-24-21-18-15-12-9-3)85-76(80)69-66-63-60-57-54-51-49-47-45-42-35-33-31-29-26-23-20-17-14-11-8-2/h11,14,19-20,22-23,28-31,34-36,38-39,42,47,49,64,67,73-74H,7-10,12-13,15-18,21,24-27,32-33,37,40-41,43-46,48,50-63,65-66,68-72H2,1-6H3,(H-,77,79,81,82)/b14-11-,22-19-,23-20-,30-28-,31-29-,36-34-,39-38-,42-35-,49-47-,67-64-. The normalized spacial score (nSPS) is 14.3. The molecule has 0 aromatic heterocycles. The van der Waals surface area contributed by atoms with Gasteiger partial charge in [-0.1, -0.05) is 284 Å². The Hall–Kier alpha value is -3.59. The van der Waals surface area contributed by atoms with E-state index in [1.165, 1.54) is 128 Å². The lowest BCUT2D eigenvalue weighted by atomic mass is 10.0. The number of carbonyl (C=O) groups excluding carboxylic acids is 2. The summed E-state index contributed by atoms with van der Waals surface area (Å²) < 4.78 is 30.4. The molecule has 494 valence electrons. The third-order valence-corrected chi connectivity index (χ3v) is 16.1. The number of likely N-dealkylation sites (N-methyl/N-ethyl adjacent to an activating group) is 1. The summed E-state index contributed by atoms with van der Waals surface area (Å²) >= 11 is 0. The van der Waals surface area contributed by atoms with Crippen molar-refractivity contribution in [1.29, 1.82) is 0 Å². The zero-order valence-electron chi connectivity index (χ0n) is 56.5. The van der Waals surface area contributed by atoms with E-state index >= 15 is 0 Å². The van der Waals surface area contributed by atoms with Crippen molar-refractivity contribution in [2.75, 3.05) is 40.9 Å². The van der Waals surface area contributed by atoms with Gasteiger partial charge in [-0.15, -0.1) is 0 Å². The number of carbonyl (C=O) groups is 2. The molecule has 9 nitrogen and oxygen atoms in total. The molecule has 0 radical (unpaired) electrons. The molecule has 0 aromatic rings. The number of ether oxygens (including phenoxy) is 1. The van der Waals surface area contributed by atoms with Gasteiger partial charge in [-0.2, -0.15) is 0 Å². The van der Waals surface area contributed by atoms with Crippen LogP contribution in [0.1, 0.15) is 297 Å². The zero-order chi connectivity index (χ0) is 62.8. The van der Waals surface area contributed by atoms with Crippen LogP contribution in [0.5, 0.6) is 0 Å². The van der Waals surface area contributed by atoms with Crippen LogP contribution in [0.25, 0.3) is 0 Å². The highest BCUT2D eigenvalue weighted by Crippen LogP contribution is 2.38. The second kappa shape index (κ2) is 64.4. The van der Waals surface area contributed by atoms with Crippen molar-refractivity contribution in [3.63, 3.8) is 0 Å². The van der Waals surface area contributed by atoms with Crippen molar-refractivity contribution in [3.05, 3.63) is 122 Å². The second-order valence-corrected chi connectivity index (χ2v) is 26.1. The average molecular weight is 1220 g/mol. The summed E-state index contributed by atoms with van der Waals surface area (Å²) in [5.41, 5.74) is 0. The fraction of sp³-hybridized carbons (Fsp3) is 0.711. The summed E-state index contributed by atoms with van der Waals surface area (Å²) in [6.07, 6.45) is 90.3. The van der Waals surface area contributed by atoms with Crippen LogP contribution in [0.15, 0.2) is 122 Å². The van der Waals surface area contributed by atoms with Gasteiger partial charge in [0.2, 0.25) is 5.91 Å². The van der Waals surface area contributed by atoms with Crippen molar-refractivity contribution in [2.45, 2.75) is 309 Å². The second-order valence-electron chi connectivity index (χ2n) is 24.6. The van der Waals surface area contributed by atoms with Crippen molar-refractivity contribution >= 4 is 19.7 Å². The number of amides is 1. The molecular formula is C76H133N2O7P. The van der Waals surface area contributed by atoms with Crippen LogP contribution in [0.2, 0.25) is 0 Å². The minimum atomic E-state index is -4.72. The number of nitrogens with zero attached hydrogens (tertiary/aromatic N) is 1. The van der Waals surface area contributed by atoms with E-state index in [-0.39, 0.29) is 24.9 Å². The summed E-state index contributed by atoms with van der Waals surface area (Å²) in [5, 5.41) is 3.03. The van der Waals surface area contributed by atoms with Gasteiger partial charge >= 0.3 is 5.97 Å². The topological polar surface area (TPSA) is 114 Å². The Labute approximate surface area is 531 Å². The van der Waals surface area contributed by atoms with E-state index in [1.807, 2.05) is 33.3 Å². The summed E-state index contributed by atoms with van der Waals surface area (Å²) in [6, 6.07) is -0.907. The van der Waals surface area contributed by atoms with E-state index in [2.05, 4.69) is 135 Å². The van der Waals surface area contributed by atoms with Crippen LogP contribution < -0.4 is 10.2 Å². The molecule has 0 saturated carbocycles. The van der Waals surface area contributed by atoms with Gasteiger partial charge < -0.3 is 28.5 Å². The molecule has 0 aliphatic rings. The van der Waals surface area contributed by atoms with Gasteiger partial charge in [0, 0.05) is 12.8 Å². The highest BCUT2D eigenvalue weighted by atomic mass is 31.2. The van der Waals surface area contributed by atoms with E-state index in [0.29, 0.717) is 23.9 Å². The Balaban J connectivity index is 5.12. The molecule has 0 aliphatic heterocycles. The van der Waals surface area contributed by atoms with Crippen molar-refractivity contribution in [2.24, 2.45) is 0 Å². The van der Waals surface area contributed by atoms with E-state index in [0.717, 1.165) is 128 Å². The summed E-state index contributed by atoms with van der Waals surface area (Å²) in [7, 11) is 1.16. The molecule has 0 fully saturated rings. The van der Waals surface area contributed by atoms with Crippen LogP contribution in [-0.4, -0.2) is 69.4 Å². The third kappa shape index (κ3) is 64.9. The monoisotopic (exact) mass is 1220 g/mol. The van der Waals surface area contributed by atoms with E-state index < -0.39 is 26.6 Å². The first kappa shape index (κ1) is 82.4. The van der Waals surface area contributed by atoms with Crippen LogP contribution in [-0.2, 0) is 27.9 Å². The molecule has 0 saturated heterocycles. The van der Waals surface area contributed by atoms with Crippen LogP contribution in [0, 0.1) is 0 Å². The highest BCUT2D eigenvalue weighted by Gasteiger charge is 2.27. The summed E-state index contributed by atoms with van der Waals surface area (Å²) in [4.78, 5) is 40.2. The van der Waals surface area contributed by atoms with Crippen molar-refractivity contribution in [1.82, 2.24) is 5.32 Å². The van der Waals surface area contributed by atoms with Crippen LogP contribution in [0.4, 0.5) is 0 Å². The third-order valence-electron chi connectivity index (χ3n) is 15.1. The lowest BCUT2D eigenvalue weighted by Gasteiger charge is -2.30. The molecule has 0 heterocycles. The first-order valence-electron chi connectivity index (χ1n) is 35.3. The number of phosphoric acid groups is 1. The number of hydrogen-bond acceptors (Lipinski definition) is 7. The number of phosphoric ester groups is 1. The van der Waals surface area contributed by atoms with Crippen molar-refractivity contribution in [3.8, 4) is 0 Å². The Morgan fingerprint density at radius 2 is 0.744 bits per heavy atom. The first-order chi connectivity index (χ1) is 41.9. The number of esters is 1. The van der Waals surface area contributed by atoms with Gasteiger partial charge in [0.05, 0.1) is 33.8 Å². The van der Waals surface area contributed by atoms with Crippen LogP contribution >= 0.6 is 7.82 Å². The number of nitrogens with one attached hydrogen (secondary N) is 1. The summed E-state index contributed by atoms with van der Waals surface area (Å²) in [5.74, 6) is -0.568. The van der Waals surface area contributed by atoms with Gasteiger partial charge in [-0.25, -0.2) is 0 Å². The molecule has 1 N–H and O–H groups in total. The fourth-order valence-electron chi connectivity index (χ4n) is 9.71. The quantitative estimate of drug-likeness (QED) is 0.0212. The minimum absolute atomic E-state index is 0.0321. The minimum Gasteiger partial charge on any atom is -0.756 e. The Bertz CT molecular complexity index is 1890. The van der Waals surface area contributed by atoms with Crippen LogP contribution in [0.3, 0.4) is 0 Å².